The zero-order valence-corrected chi connectivity index (χ0v) is 6.13. The molecule has 1 rings (SSSR count). The third-order valence-corrected chi connectivity index (χ3v) is 1.43. The molecule has 3 nitrogen and oxygen atoms in total. The molecule has 1 aliphatic heterocycles. The van der Waals surface area contributed by atoms with Crippen LogP contribution >= 0.6 is 0 Å². The molecule has 1 saturated heterocycles. The van der Waals surface area contributed by atoms with Gasteiger partial charge in [0.2, 0.25) is 5.91 Å². The average molecular weight is 140 g/mol. The first kappa shape index (κ1) is 7.12. The van der Waals surface area contributed by atoms with Gasteiger partial charge in [-0.05, 0) is 13.1 Å². The van der Waals surface area contributed by atoms with E-state index in [1.165, 1.54) is 0 Å². The van der Waals surface area contributed by atoms with Gasteiger partial charge >= 0.3 is 0 Å². The van der Waals surface area contributed by atoms with Crippen molar-refractivity contribution in [2.24, 2.45) is 0 Å². The van der Waals surface area contributed by atoms with Crippen molar-refractivity contribution in [1.29, 1.82) is 0 Å². The van der Waals surface area contributed by atoms with Gasteiger partial charge in [-0.2, -0.15) is 0 Å². The van der Waals surface area contributed by atoms with Gasteiger partial charge in [0, 0.05) is 13.1 Å². The molecule has 0 bridgehead atoms. The lowest BCUT2D eigenvalue weighted by molar-refractivity contribution is -0.123. The number of carbonyl (C=O) groups excluding carboxylic acids is 1. The predicted molar refractivity (Wildman–Crippen MR) is 39.4 cm³/mol. The fourth-order valence-corrected chi connectivity index (χ4v) is 0.996. The van der Waals surface area contributed by atoms with Gasteiger partial charge in [0.15, 0.2) is 0 Å². The zero-order chi connectivity index (χ0) is 7.40. The highest BCUT2D eigenvalue weighted by molar-refractivity contribution is 5.78. The van der Waals surface area contributed by atoms with Crippen molar-refractivity contribution in [3.05, 3.63) is 12.3 Å². The maximum absolute atomic E-state index is 10.8. The topological polar surface area (TPSA) is 32.3 Å². The number of piperazine rings is 1. The maximum Gasteiger partial charge on any atom is 0.239 e. The maximum atomic E-state index is 10.8. The van der Waals surface area contributed by atoms with Crippen LogP contribution in [0.2, 0.25) is 0 Å². The van der Waals surface area contributed by atoms with Gasteiger partial charge in [-0.15, -0.1) is 0 Å². The first-order chi connectivity index (χ1) is 4.83. The Kier molecular flexibility index (Phi) is 2.31. The summed E-state index contributed by atoms with van der Waals surface area (Å²) >= 11 is 0. The fourth-order valence-electron chi connectivity index (χ4n) is 0.996. The standard InChI is InChI=1S/C7H12N2O/c1-2-4-9-5-3-8-7(10)6-9/h2,4H,3,5-6H2,1H3,(H,8,10). The van der Waals surface area contributed by atoms with Crippen LogP contribution < -0.4 is 5.32 Å². The molecule has 0 saturated carbocycles. The minimum atomic E-state index is 0.115. The third-order valence-electron chi connectivity index (χ3n) is 1.43. The molecular formula is C7H12N2O. The molecule has 0 atom stereocenters. The minimum Gasteiger partial charge on any atom is -0.367 e. The van der Waals surface area contributed by atoms with Gasteiger partial charge < -0.3 is 10.2 Å². The van der Waals surface area contributed by atoms with Gasteiger partial charge in [0.1, 0.15) is 0 Å². The molecule has 1 aliphatic rings. The number of allylic oxidation sites excluding steroid dienone is 1. The Morgan fingerprint density at radius 1 is 1.70 bits per heavy atom. The van der Waals surface area contributed by atoms with Crippen molar-refractivity contribution < 1.29 is 4.79 Å². The van der Waals surface area contributed by atoms with E-state index in [-0.39, 0.29) is 5.91 Å². The van der Waals surface area contributed by atoms with Gasteiger partial charge in [-0.3, -0.25) is 4.79 Å². The highest BCUT2D eigenvalue weighted by atomic mass is 16.2. The van der Waals surface area contributed by atoms with Crippen molar-refractivity contribution in [1.82, 2.24) is 10.2 Å². The van der Waals surface area contributed by atoms with Crippen LogP contribution in [0.1, 0.15) is 6.92 Å². The van der Waals surface area contributed by atoms with E-state index in [2.05, 4.69) is 5.32 Å². The summed E-state index contributed by atoms with van der Waals surface area (Å²) in [5.74, 6) is 0.115. The van der Waals surface area contributed by atoms with Gasteiger partial charge in [-0.25, -0.2) is 0 Å². The molecule has 56 valence electrons. The van der Waals surface area contributed by atoms with Crippen LogP contribution in [0.25, 0.3) is 0 Å². The summed E-state index contributed by atoms with van der Waals surface area (Å²) < 4.78 is 0. The van der Waals surface area contributed by atoms with Gasteiger partial charge in [-0.1, -0.05) is 6.08 Å². The molecular weight excluding hydrogens is 128 g/mol. The first-order valence-corrected chi connectivity index (χ1v) is 3.46. The van der Waals surface area contributed by atoms with Crippen molar-refractivity contribution in [3.63, 3.8) is 0 Å². The second-order valence-electron chi connectivity index (χ2n) is 2.30. The van der Waals surface area contributed by atoms with Crippen molar-refractivity contribution in [3.8, 4) is 0 Å². The van der Waals surface area contributed by atoms with E-state index in [0.29, 0.717) is 6.54 Å². The second kappa shape index (κ2) is 3.25. The molecule has 0 radical (unpaired) electrons. The first-order valence-electron chi connectivity index (χ1n) is 3.46. The lowest BCUT2D eigenvalue weighted by Gasteiger charge is -2.24. The molecule has 1 heterocycles. The summed E-state index contributed by atoms with van der Waals surface area (Å²) in [5.41, 5.74) is 0. The normalized spacial score (nSPS) is 19.7. The number of hydrogen-bond acceptors (Lipinski definition) is 2. The SMILES string of the molecule is CC=CN1CCNC(=O)C1. The van der Waals surface area contributed by atoms with E-state index >= 15 is 0 Å². The molecule has 0 unspecified atom stereocenters. The number of carbonyl (C=O) groups is 1. The molecule has 0 aliphatic carbocycles. The molecule has 10 heavy (non-hydrogen) atoms. The summed E-state index contributed by atoms with van der Waals surface area (Å²) in [6, 6.07) is 0. The van der Waals surface area contributed by atoms with E-state index < -0.39 is 0 Å². The van der Waals surface area contributed by atoms with Crippen LogP contribution in [0.3, 0.4) is 0 Å². The van der Waals surface area contributed by atoms with Crippen molar-refractivity contribution in [2.45, 2.75) is 6.92 Å². The second-order valence-corrected chi connectivity index (χ2v) is 2.30. The molecule has 0 aromatic rings. The quantitative estimate of drug-likeness (QED) is 0.554. The summed E-state index contributed by atoms with van der Waals surface area (Å²) in [4.78, 5) is 12.8. The number of hydrogen-bond donors (Lipinski definition) is 1. The Balaban J connectivity index is 2.39. The van der Waals surface area contributed by atoms with Crippen molar-refractivity contribution >= 4 is 5.91 Å². The summed E-state index contributed by atoms with van der Waals surface area (Å²) in [5, 5.41) is 2.76. The molecule has 0 aromatic heterocycles. The van der Waals surface area contributed by atoms with Crippen LogP contribution in [-0.4, -0.2) is 30.4 Å². The number of nitrogens with one attached hydrogen (secondary N) is 1. The number of nitrogens with zero attached hydrogens (tertiary/aromatic N) is 1. The van der Waals surface area contributed by atoms with Gasteiger partial charge in [0.25, 0.3) is 0 Å². The molecule has 0 spiro atoms. The summed E-state index contributed by atoms with van der Waals surface area (Å²) in [7, 11) is 0. The third kappa shape index (κ3) is 1.76. The smallest absolute Gasteiger partial charge is 0.239 e. The monoisotopic (exact) mass is 140 g/mol. The minimum absolute atomic E-state index is 0.115. The van der Waals surface area contributed by atoms with Gasteiger partial charge in [0.05, 0.1) is 6.54 Å². The Labute approximate surface area is 60.7 Å². The average Bonchev–Trinajstić information content (AvgIpc) is 1.88. The van der Waals surface area contributed by atoms with Crippen LogP contribution in [0.15, 0.2) is 12.3 Å². The highest BCUT2D eigenvalue weighted by Crippen LogP contribution is 1.92. The van der Waals surface area contributed by atoms with Crippen LogP contribution in [0.5, 0.6) is 0 Å². The van der Waals surface area contributed by atoms with Crippen LogP contribution in [0, 0.1) is 0 Å². The number of amides is 1. The summed E-state index contributed by atoms with van der Waals surface area (Å²) in [6.07, 6.45) is 3.89. The Morgan fingerprint density at radius 3 is 3.10 bits per heavy atom. The van der Waals surface area contributed by atoms with Crippen LogP contribution in [0.4, 0.5) is 0 Å². The molecule has 1 N–H and O–H groups in total. The summed E-state index contributed by atoms with van der Waals surface area (Å²) in [6.45, 7) is 4.15. The van der Waals surface area contributed by atoms with E-state index in [9.17, 15) is 4.79 Å². The van der Waals surface area contributed by atoms with Crippen LogP contribution in [-0.2, 0) is 4.79 Å². The number of rotatable bonds is 1. The Hall–Kier alpha value is -0.990. The zero-order valence-electron chi connectivity index (χ0n) is 6.13. The molecule has 1 fully saturated rings. The largest absolute Gasteiger partial charge is 0.367 e. The lowest BCUT2D eigenvalue weighted by atomic mass is 10.4. The van der Waals surface area contributed by atoms with E-state index in [1.807, 2.05) is 24.1 Å². The molecule has 3 heteroatoms. The molecule has 0 aromatic carbocycles. The van der Waals surface area contributed by atoms with Crippen molar-refractivity contribution in [2.75, 3.05) is 19.6 Å². The van der Waals surface area contributed by atoms with E-state index in [0.717, 1.165) is 13.1 Å². The fraction of sp³-hybridized carbons (Fsp3) is 0.571. The highest BCUT2D eigenvalue weighted by Gasteiger charge is 2.11. The Morgan fingerprint density at radius 2 is 2.50 bits per heavy atom. The Bertz CT molecular complexity index is 154. The lowest BCUT2D eigenvalue weighted by Crippen LogP contribution is -2.45. The van der Waals surface area contributed by atoms with E-state index in [1.54, 1.807) is 0 Å². The predicted octanol–water partition coefficient (Wildman–Crippen LogP) is -0.0482. The molecule has 1 amide bonds. The van der Waals surface area contributed by atoms with E-state index in [4.69, 9.17) is 0 Å².